The molecule has 0 atom stereocenters. The van der Waals surface area contributed by atoms with Crippen molar-refractivity contribution in [1.82, 2.24) is 9.78 Å². The van der Waals surface area contributed by atoms with Crippen molar-refractivity contribution in [2.24, 2.45) is 4.99 Å². The number of methoxy groups -OCH3 is 1. The third-order valence-corrected chi connectivity index (χ3v) is 3.91. The van der Waals surface area contributed by atoms with Crippen LogP contribution in [0, 0.1) is 0 Å². The predicted molar refractivity (Wildman–Crippen MR) is 103 cm³/mol. The monoisotopic (exact) mass is 379 g/mol. The summed E-state index contributed by atoms with van der Waals surface area (Å²) in [6, 6.07) is 15.4. The smallest absolute Gasteiger partial charge is 0.325 e. The summed E-state index contributed by atoms with van der Waals surface area (Å²) in [7, 11) is 1.54. The Hall–Kier alpha value is -3.94. The second-order valence-electron chi connectivity index (χ2n) is 5.79. The fraction of sp³-hybridized carbons (Fsp3) is 0.100. The first kappa shape index (κ1) is 18.8. The summed E-state index contributed by atoms with van der Waals surface area (Å²) in [5, 5.41) is 23.7. The van der Waals surface area contributed by atoms with Gasteiger partial charge in [-0.05, 0) is 24.3 Å². The third kappa shape index (κ3) is 4.07. The molecule has 0 fully saturated rings. The molecule has 142 valence electrons. The van der Waals surface area contributed by atoms with Crippen molar-refractivity contribution in [1.29, 1.82) is 0 Å². The maximum absolute atomic E-state index is 12.6. The van der Waals surface area contributed by atoms with Crippen LogP contribution in [0.3, 0.4) is 0 Å². The predicted octanol–water partition coefficient (Wildman–Crippen LogP) is 2.46. The van der Waals surface area contributed by atoms with E-state index >= 15 is 0 Å². The molecule has 8 nitrogen and oxygen atoms in total. The van der Waals surface area contributed by atoms with Gasteiger partial charge >= 0.3 is 5.97 Å². The van der Waals surface area contributed by atoms with E-state index in [0.717, 1.165) is 4.68 Å². The van der Waals surface area contributed by atoms with E-state index in [2.05, 4.69) is 10.1 Å². The van der Waals surface area contributed by atoms with Crippen LogP contribution in [0.5, 0.6) is 11.5 Å². The van der Waals surface area contributed by atoms with E-state index in [-0.39, 0.29) is 17.0 Å². The van der Waals surface area contributed by atoms with E-state index in [4.69, 9.17) is 9.84 Å². The zero-order chi connectivity index (χ0) is 20.1. The van der Waals surface area contributed by atoms with E-state index < -0.39 is 18.1 Å². The standard InChI is InChI=1S/C20H17N3O5/c1-28-15-9-7-14(8-10-15)21-11-16-19(26)18(13-5-3-2-4-6-13)22-23(20(16)27)12-17(24)25/h2-11,26H,12H2,1H3,(H,24,25). The van der Waals surface area contributed by atoms with Gasteiger partial charge in [-0.1, -0.05) is 30.3 Å². The first-order valence-corrected chi connectivity index (χ1v) is 8.29. The summed E-state index contributed by atoms with van der Waals surface area (Å²) in [5.74, 6) is -0.937. The lowest BCUT2D eigenvalue weighted by Gasteiger charge is -2.10. The van der Waals surface area contributed by atoms with Crippen molar-refractivity contribution in [3.05, 3.63) is 70.5 Å². The van der Waals surface area contributed by atoms with Crippen molar-refractivity contribution in [2.75, 3.05) is 7.11 Å². The van der Waals surface area contributed by atoms with Crippen LogP contribution in [-0.2, 0) is 11.3 Å². The number of ether oxygens (including phenoxy) is 1. The van der Waals surface area contributed by atoms with Gasteiger partial charge in [-0.15, -0.1) is 0 Å². The molecule has 28 heavy (non-hydrogen) atoms. The molecule has 0 spiro atoms. The van der Waals surface area contributed by atoms with Gasteiger partial charge in [0, 0.05) is 11.8 Å². The lowest BCUT2D eigenvalue weighted by molar-refractivity contribution is -0.138. The topological polar surface area (TPSA) is 114 Å². The Morgan fingerprint density at radius 2 is 1.86 bits per heavy atom. The summed E-state index contributed by atoms with van der Waals surface area (Å²) < 4.78 is 5.87. The normalized spacial score (nSPS) is 10.9. The van der Waals surface area contributed by atoms with E-state index in [0.29, 0.717) is 17.0 Å². The molecule has 3 aromatic rings. The fourth-order valence-corrected chi connectivity index (χ4v) is 2.53. The van der Waals surface area contributed by atoms with Crippen molar-refractivity contribution < 1.29 is 19.7 Å². The Bertz CT molecular complexity index is 1070. The van der Waals surface area contributed by atoms with Crippen LogP contribution in [-0.4, -0.2) is 39.3 Å². The number of nitrogens with zero attached hydrogens (tertiary/aromatic N) is 3. The number of rotatable bonds is 6. The second-order valence-corrected chi connectivity index (χ2v) is 5.79. The van der Waals surface area contributed by atoms with Crippen LogP contribution in [0.15, 0.2) is 64.4 Å². The number of aliphatic imine (C=N–C) groups is 1. The summed E-state index contributed by atoms with van der Waals surface area (Å²) in [5.41, 5.74) is 0.265. The minimum Gasteiger partial charge on any atom is -0.505 e. The van der Waals surface area contributed by atoms with Gasteiger partial charge in [-0.2, -0.15) is 5.10 Å². The molecule has 2 N–H and O–H groups in total. The Morgan fingerprint density at radius 3 is 2.46 bits per heavy atom. The summed E-state index contributed by atoms with van der Waals surface area (Å²) >= 11 is 0. The fourth-order valence-electron chi connectivity index (χ4n) is 2.53. The number of carboxylic acid groups (broad SMARTS) is 1. The zero-order valence-corrected chi connectivity index (χ0v) is 14.9. The minimum atomic E-state index is -1.22. The number of carboxylic acids is 1. The first-order valence-electron chi connectivity index (χ1n) is 8.29. The summed E-state index contributed by atoms with van der Waals surface area (Å²) in [4.78, 5) is 27.9. The van der Waals surface area contributed by atoms with Gasteiger partial charge in [-0.3, -0.25) is 14.6 Å². The highest BCUT2D eigenvalue weighted by Gasteiger charge is 2.18. The molecule has 0 saturated carbocycles. The largest absolute Gasteiger partial charge is 0.505 e. The van der Waals surface area contributed by atoms with Gasteiger partial charge in [0.1, 0.15) is 23.6 Å². The Balaban J connectivity index is 2.11. The number of aromatic hydroxyl groups is 1. The highest BCUT2D eigenvalue weighted by atomic mass is 16.5. The van der Waals surface area contributed by atoms with E-state index in [1.807, 2.05) is 0 Å². The molecule has 3 rings (SSSR count). The molecule has 0 bridgehead atoms. The van der Waals surface area contributed by atoms with Crippen LogP contribution in [0.1, 0.15) is 5.56 Å². The van der Waals surface area contributed by atoms with Gasteiger partial charge in [0.15, 0.2) is 5.75 Å². The lowest BCUT2D eigenvalue weighted by Crippen LogP contribution is -2.29. The van der Waals surface area contributed by atoms with Crippen molar-refractivity contribution in [3.8, 4) is 22.8 Å². The molecule has 0 amide bonds. The third-order valence-electron chi connectivity index (χ3n) is 3.91. The molecule has 0 aliphatic rings. The Labute approximate surface area is 160 Å². The average Bonchev–Trinajstić information content (AvgIpc) is 2.71. The van der Waals surface area contributed by atoms with Crippen LogP contribution >= 0.6 is 0 Å². The van der Waals surface area contributed by atoms with Gasteiger partial charge in [-0.25, -0.2) is 4.68 Å². The lowest BCUT2D eigenvalue weighted by atomic mass is 10.1. The molecule has 0 unspecified atom stereocenters. The van der Waals surface area contributed by atoms with E-state index in [1.54, 1.807) is 61.7 Å². The molecule has 0 radical (unpaired) electrons. The molecule has 8 heteroatoms. The molecular formula is C20H17N3O5. The Kier molecular flexibility index (Phi) is 5.50. The average molecular weight is 379 g/mol. The summed E-state index contributed by atoms with van der Waals surface area (Å²) in [6.07, 6.45) is 1.20. The van der Waals surface area contributed by atoms with E-state index in [1.165, 1.54) is 6.21 Å². The van der Waals surface area contributed by atoms with Gasteiger partial charge in [0.25, 0.3) is 5.56 Å². The van der Waals surface area contributed by atoms with Crippen LogP contribution in [0.25, 0.3) is 11.3 Å². The van der Waals surface area contributed by atoms with E-state index in [9.17, 15) is 14.7 Å². The van der Waals surface area contributed by atoms with Gasteiger partial charge < -0.3 is 14.9 Å². The first-order chi connectivity index (χ1) is 13.5. The van der Waals surface area contributed by atoms with Crippen molar-refractivity contribution >= 4 is 17.9 Å². The maximum atomic E-state index is 12.6. The molecule has 0 aliphatic heterocycles. The second kappa shape index (κ2) is 8.17. The molecule has 1 aromatic heterocycles. The van der Waals surface area contributed by atoms with Gasteiger partial charge in [0.2, 0.25) is 0 Å². The summed E-state index contributed by atoms with van der Waals surface area (Å²) in [6.45, 7) is -0.637. The molecule has 2 aromatic carbocycles. The SMILES string of the molecule is COc1ccc(N=Cc2c(O)c(-c3ccccc3)nn(CC(=O)O)c2=O)cc1. The highest BCUT2D eigenvalue weighted by Crippen LogP contribution is 2.27. The number of hydrogen-bond donors (Lipinski definition) is 2. The number of aromatic nitrogens is 2. The number of hydrogen-bond acceptors (Lipinski definition) is 6. The molecule has 1 heterocycles. The molecule has 0 saturated heterocycles. The molecular weight excluding hydrogens is 362 g/mol. The van der Waals surface area contributed by atoms with Crippen LogP contribution < -0.4 is 10.3 Å². The zero-order valence-electron chi connectivity index (χ0n) is 14.9. The van der Waals surface area contributed by atoms with Crippen LogP contribution in [0.2, 0.25) is 0 Å². The van der Waals surface area contributed by atoms with Crippen molar-refractivity contribution in [3.63, 3.8) is 0 Å². The quantitative estimate of drug-likeness (QED) is 0.636. The van der Waals surface area contributed by atoms with Crippen LogP contribution in [0.4, 0.5) is 5.69 Å². The molecule has 0 aliphatic carbocycles. The number of carbonyl (C=O) groups is 1. The minimum absolute atomic E-state index is 0.0950. The van der Waals surface area contributed by atoms with Gasteiger partial charge in [0.05, 0.1) is 12.8 Å². The Morgan fingerprint density at radius 1 is 1.18 bits per heavy atom. The van der Waals surface area contributed by atoms with Crippen molar-refractivity contribution in [2.45, 2.75) is 6.54 Å². The highest BCUT2D eigenvalue weighted by molar-refractivity contribution is 5.88. The number of benzene rings is 2. The number of aliphatic carboxylic acids is 1. The maximum Gasteiger partial charge on any atom is 0.325 e.